The molecule has 0 spiro atoms. The SMILES string of the molecule is NC(=O)N(CCCCN1CCN(c2cccc(Cl)c2Cl)CC1)[c-]1cccc1.[Fe].[cH-]1[cH-][cH-][cH-][cH-]1. The Kier molecular flexibility index (Phi) is 11.9. The number of halogens is 2. The molecule has 1 fully saturated rings. The van der Waals surface area contributed by atoms with Crippen LogP contribution in [-0.4, -0.2) is 50.2 Å². The summed E-state index contributed by atoms with van der Waals surface area (Å²) < 4.78 is 0. The largest absolute Gasteiger partial charge is 0.748 e. The minimum Gasteiger partial charge on any atom is -0.748 e. The van der Waals surface area contributed by atoms with Crippen molar-refractivity contribution < 1.29 is 21.9 Å². The number of piperazine rings is 1. The Hall–Kier alpha value is -1.95. The molecule has 1 aliphatic rings. The molecule has 4 rings (SSSR count). The van der Waals surface area contributed by atoms with Crippen LogP contribution in [0.5, 0.6) is 0 Å². The molecule has 0 bridgehead atoms. The van der Waals surface area contributed by atoms with E-state index < -0.39 is 6.03 Å². The molecule has 0 radical (unpaired) electrons. The Balaban J connectivity index is 0.000000568. The number of primary amides is 1. The maximum atomic E-state index is 11.6. The van der Waals surface area contributed by atoms with Gasteiger partial charge in [0, 0.05) is 49.8 Å². The molecule has 0 aromatic heterocycles. The molecule has 2 amide bonds. The Morgan fingerprint density at radius 1 is 0.970 bits per heavy atom. The number of hydrogen-bond donors (Lipinski definition) is 1. The Morgan fingerprint density at radius 3 is 2.15 bits per heavy atom. The van der Waals surface area contributed by atoms with Crippen LogP contribution in [0.25, 0.3) is 0 Å². The van der Waals surface area contributed by atoms with Gasteiger partial charge in [0.15, 0.2) is 0 Å². The summed E-state index contributed by atoms with van der Waals surface area (Å²) >= 11 is 12.5. The van der Waals surface area contributed by atoms with Crippen LogP contribution in [-0.2, 0) is 17.1 Å². The number of amides is 2. The standard InChI is InChI=1S/C20H25Cl2N4O.C5H5.Fe/c21-17-8-5-9-18(19(17)22)25-14-12-24(13-15-25)10-3-4-11-26(20(23)27)16-6-1-2-7-16;1-2-4-5-3-1;/h1-2,5-9H,3-4,10-15H2,(H2,23,27);1-5H;/q-1;-5;. The number of rotatable bonds is 7. The first-order valence-corrected chi connectivity index (χ1v) is 11.7. The summed E-state index contributed by atoms with van der Waals surface area (Å²) in [6, 6.07) is 23.0. The number of carbonyl (C=O) groups is 1. The van der Waals surface area contributed by atoms with Crippen molar-refractivity contribution in [3.63, 3.8) is 0 Å². The number of urea groups is 1. The molecule has 1 saturated heterocycles. The fourth-order valence-electron chi connectivity index (χ4n) is 3.79. The van der Waals surface area contributed by atoms with Gasteiger partial charge >= 0.3 is 0 Å². The number of benzene rings is 1. The van der Waals surface area contributed by atoms with Gasteiger partial charge in [0.1, 0.15) is 0 Å². The zero-order valence-electron chi connectivity index (χ0n) is 18.5. The number of nitrogens with zero attached hydrogens (tertiary/aromatic N) is 3. The zero-order chi connectivity index (χ0) is 22.8. The molecule has 3 aromatic rings. The molecule has 3 aromatic carbocycles. The first-order chi connectivity index (χ1) is 15.6. The fourth-order valence-corrected chi connectivity index (χ4v) is 4.20. The minimum absolute atomic E-state index is 0. The van der Waals surface area contributed by atoms with Crippen LogP contribution in [0, 0.1) is 0 Å². The summed E-state index contributed by atoms with van der Waals surface area (Å²) in [5, 5.41) is 1.23. The second kappa shape index (κ2) is 14.3. The average molecular weight is 529 g/mol. The van der Waals surface area contributed by atoms with Gasteiger partial charge in [0.25, 0.3) is 0 Å². The van der Waals surface area contributed by atoms with Crippen LogP contribution < -0.4 is 15.5 Å². The van der Waals surface area contributed by atoms with Gasteiger partial charge < -0.3 is 50.7 Å². The van der Waals surface area contributed by atoms with Crippen LogP contribution in [0.1, 0.15) is 12.8 Å². The normalized spacial score (nSPS) is 13.6. The fraction of sp³-hybridized carbons (Fsp3) is 0.320. The van der Waals surface area contributed by atoms with Crippen molar-refractivity contribution in [3.8, 4) is 0 Å². The molecule has 1 heterocycles. The number of anilines is 2. The molecular weight excluding hydrogens is 499 g/mol. The van der Waals surface area contributed by atoms with Crippen molar-refractivity contribution in [3.05, 3.63) is 82.8 Å². The maximum Gasteiger partial charge on any atom is 0.242 e. The second-order valence-electron chi connectivity index (χ2n) is 7.70. The third-order valence-corrected chi connectivity index (χ3v) is 6.34. The van der Waals surface area contributed by atoms with Crippen LogP contribution in [0.3, 0.4) is 0 Å². The average Bonchev–Trinajstić information content (AvgIpc) is 3.53. The molecule has 0 aliphatic carbocycles. The molecule has 33 heavy (non-hydrogen) atoms. The number of unbranched alkanes of at least 4 members (excludes halogenated alkanes) is 1. The summed E-state index contributed by atoms with van der Waals surface area (Å²) in [5.74, 6) is 0. The van der Waals surface area contributed by atoms with E-state index in [0.29, 0.717) is 16.6 Å². The molecule has 184 valence electrons. The molecule has 0 saturated carbocycles. The summed E-state index contributed by atoms with van der Waals surface area (Å²) in [5.41, 5.74) is 7.38. The van der Waals surface area contributed by atoms with E-state index in [1.165, 1.54) is 0 Å². The van der Waals surface area contributed by atoms with E-state index in [1.807, 2.05) is 72.8 Å². The molecule has 1 aliphatic heterocycles. The monoisotopic (exact) mass is 528 g/mol. The van der Waals surface area contributed by atoms with Gasteiger partial charge in [-0.25, -0.2) is 0 Å². The van der Waals surface area contributed by atoms with Crippen LogP contribution in [0.4, 0.5) is 16.2 Å². The molecule has 0 atom stereocenters. The van der Waals surface area contributed by atoms with Crippen molar-refractivity contribution >= 4 is 40.6 Å². The second-order valence-corrected chi connectivity index (χ2v) is 8.49. The zero-order valence-corrected chi connectivity index (χ0v) is 21.1. The van der Waals surface area contributed by atoms with Gasteiger partial charge in [-0.05, 0) is 37.2 Å². The summed E-state index contributed by atoms with van der Waals surface area (Å²) in [7, 11) is 0. The van der Waals surface area contributed by atoms with Gasteiger partial charge in [0.2, 0.25) is 6.03 Å². The molecule has 5 nitrogen and oxygen atoms in total. The van der Waals surface area contributed by atoms with Gasteiger partial charge in [-0.3, -0.25) is 4.90 Å². The Labute approximate surface area is 217 Å². The number of hydrogen-bond acceptors (Lipinski definition) is 3. The topological polar surface area (TPSA) is 52.8 Å². The van der Waals surface area contributed by atoms with E-state index in [1.54, 1.807) is 4.90 Å². The van der Waals surface area contributed by atoms with E-state index in [0.717, 1.165) is 56.9 Å². The van der Waals surface area contributed by atoms with Crippen molar-refractivity contribution in [1.82, 2.24) is 4.90 Å². The van der Waals surface area contributed by atoms with Crippen molar-refractivity contribution in [1.29, 1.82) is 0 Å². The third-order valence-electron chi connectivity index (χ3n) is 5.53. The molecule has 2 N–H and O–H groups in total. The Morgan fingerprint density at radius 2 is 1.58 bits per heavy atom. The van der Waals surface area contributed by atoms with Crippen LogP contribution >= 0.6 is 23.2 Å². The smallest absolute Gasteiger partial charge is 0.242 e. The van der Waals surface area contributed by atoms with Gasteiger partial charge in [-0.2, -0.15) is 12.1 Å². The summed E-state index contributed by atoms with van der Waals surface area (Å²) in [6.07, 6.45) is 1.96. The predicted molar refractivity (Wildman–Crippen MR) is 135 cm³/mol. The van der Waals surface area contributed by atoms with E-state index in [-0.39, 0.29) is 17.1 Å². The summed E-state index contributed by atoms with van der Waals surface area (Å²) in [4.78, 5) is 18.0. The van der Waals surface area contributed by atoms with Gasteiger partial charge in [0.05, 0.1) is 15.7 Å². The van der Waals surface area contributed by atoms with Crippen molar-refractivity contribution in [2.24, 2.45) is 5.73 Å². The van der Waals surface area contributed by atoms with Crippen molar-refractivity contribution in [2.45, 2.75) is 12.8 Å². The van der Waals surface area contributed by atoms with Crippen LogP contribution in [0.15, 0.2) is 72.8 Å². The maximum absolute atomic E-state index is 11.6. The van der Waals surface area contributed by atoms with Gasteiger partial charge in [-0.15, -0.1) is 12.1 Å². The van der Waals surface area contributed by atoms with Gasteiger partial charge in [-0.1, -0.05) is 29.3 Å². The first kappa shape index (κ1) is 27.3. The molecule has 0 unspecified atom stereocenters. The number of carbonyl (C=O) groups excluding carboxylic acids is 1. The predicted octanol–water partition coefficient (Wildman–Crippen LogP) is 5.60. The van der Waals surface area contributed by atoms with E-state index in [4.69, 9.17) is 28.9 Å². The third kappa shape index (κ3) is 8.40. The number of nitrogens with two attached hydrogens (primary N) is 1. The first-order valence-electron chi connectivity index (χ1n) is 10.9. The van der Waals surface area contributed by atoms with Crippen LogP contribution in [0.2, 0.25) is 10.0 Å². The molecular formula is C25H30Cl2FeN4O-6. The van der Waals surface area contributed by atoms with Crippen molar-refractivity contribution in [2.75, 3.05) is 49.1 Å². The molecule has 8 heteroatoms. The van der Waals surface area contributed by atoms with E-state index in [2.05, 4.69) is 9.80 Å². The summed E-state index contributed by atoms with van der Waals surface area (Å²) in [6.45, 7) is 5.51. The Bertz CT molecular complexity index is 909. The minimum atomic E-state index is -0.395. The van der Waals surface area contributed by atoms with E-state index >= 15 is 0 Å². The quantitative estimate of drug-likeness (QED) is 0.246. The van der Waals surface area contributed by atoms with E-state index in [9.17, 15) is 4.79 Å².